The molecule has 6 rings (SSSR count). The second kappa shape index (κ2) is 13.8. The third-order valence-electron chi connectivity index (χ3n) is 6.53. The average molecular weight is 651 g/mol. The van der Waals surface area contributed by atoms with Crippen LogP contribution in [0.3, 0.4) is 0 Å². The monoisotopic (exact) mass is 650 g/mol. The van der Waals surface area contributed by atoms with Crippen LogP contribution in [0.5, 0.6) is 0 Å². The van der Waals surface area contributed by atoms with E-state index in [1.807, 2.05) is 0 Å². The maximum atomic E-state index is 13.2. The summed E-state index contributed by atoms with van der Waals surface area (Å²) in [5.74, 6) is -6.53. The zero-order valence-corrected chi connectivity index (χ0v) is 23.8. The fourth-order valence-corrected chi connectivity index (χ4v) is 4.42. The number of hydrogen-bond donors (Lipinski definition) is 0. The first-order valence-electron chi connectivity index (χ1n) is 13.7. The highest BCUT2D eigenvalue weighted by Crippen LogP contribution is 2.32. The van der Waals surface area contributed by atoms with Crippen LogP contribution >= 0.6 is 0 Å². The summed E-state index contributed by atoms with van der Waals surface area (Å²) in [5, 5.41) is 0. The largest absolute Gasteiger partial charge is 0.457 e. The Bertz CT molecular complexity index is 1770. The van der Waals surface area contributed by atoms with Gasteiger partial charge in [0.2, 0.25) is 41.2 Å². The molecule has 5 aromatic rings. The lowest BCUT2D eigenvalue weighted by Crippen LogP contribution is -2.63. The van der Waals surface area contributed by atoms with Crippen molar-refractivity contribution in [3.8, 4) is 0 Å². The Hall–Kier alpha value is -6.29. The van der Waals surface area contributed by atoms with Gasteiger partial charge in [0.1, 0.15) is 12.7 Å². The van der Waals surface area contributed by atoms with Gasteiger partial charge < -0.3 is 50.5 Å². The van der Waals surface area contributed by atoms with Crippen molar-refractivity contribution in [3.63, 3.8) is 0 Å². The van der Waals surface area contributed by atoms with E-state index in [2.05, 4.69) is 0 Å². The van der Waals surface area contributed by atoms with Crippen LogP contribution in [0.15, 0.2) is 114 Å². The molecule has 5 aromatic heterocycles. The van der Waals surface area contributed by atoms with Crippen LogP contribution in [0.2, 0.25) is 0 Å². The predicted octanol–water partition coefficient (Wildman–Crippen LogP) is 4.07. The van der Waals surface area contributed by atoms with E-state index in [0.29, 0.717) is 0 Å². The molecule has 16 heteroatoms. The van der Waals surface area contributed by atoms with Gasteiger partial charge in [0, 0.05) is 0 Å². The highest BCUT2D eigenvalue weighted by Gasteiger charge is 2.55. The van der Waals surface area contributed by atoms with Gasteiger partial charge in [-0.1, -0.05) is 0 Å². The molecular formula is C31H22O16. The van der Waals surface area contributed by atoms with Crippen LogP contribution in [0.25, 0.3) is 0 Å². The zero-order chi connectivity index (χ0) is 32.8. The maximum absolute atomic E-state index is 13.2. The third-order valence-corrected chi connectivity index (χ3v) is 6.53. The molecule has 47 heavy (non-hydrogen) atoms. The number of rotatable bonds is 11. The van der Waals surface area contributed by atoms with Crippen molar-refractivity contribution in [3.05, 3.63) is 121 Å². The first-order chi connectivity index (χ1) is 22.9. The van der Waals surface area contributed by atoms with Crippen molar-refractivity contribution in [1.82, 2.24) is 0 Å². The number of hydrogen-bond acceptors (Lipinski definition) is 16. The molecule has 0 bridgehead atoms. The molecule has 1 aliphatic rings. The van der Waals surface area contributed by atoms with Gasteiger partial charge in [-0.25, -0.2) is 24.0 Å². The smallest absolute Gasteiger partial charge is 0.376 e. The van der Waals surface area contributed by atoms with E-state index < -0.39 is 67.2 Å². The van der Waals surface area contributed by atoms with Gasteiger partial charge in [0.25, 0.3) is 0 Å². The zero-order valence-electron chi connectivity index (χ0n) is 23.8. The molecule has 1 aliphatic heterocycles. The number of carbonyl (C=O) groups is 5. The number of furan rings is 5. The maximum Gasteiger partial charge on any atom is 0.376 e. The summed E-state index contributed by atoms with van der Waals surface area (Å²) < 4.78 is 59.4. The van der Waals surface area contributed by atoms with Crippen molar-refractivity contribution in [2.75, 3.05) is 6.61 Å². The molecule has 0 aromatic carbocycles. The van der Waals surface area contributed by atoms with Crippen LogP contribution in [-0.4, -0.2) is 67.2 Å². The third kappa shape index (κ3) is 7.02. The molecule has 6 heterocycles. The minimum atomic E-state index is -1.88. The van der Waals surface area contributed by atoms with Crippen LogP contribution in [0.1, 0.15) is 52.8 Å². The molecular weight excluding hydrogens is 628 g/mol. The summed E-state index contributed by atoms with van der Waals surface area (Å²) in [4.78, 5) is 65.2. The van der Waals surface area contributed by atoms with Gasteiger partial charge in [-0.15, -0.1) is 0 Å². The Kier molecular flexibility index (Phi) is 9.01. The highest BCUT2D eigenvalue weighted by molar-refractivity contribution is 5.89. The molecule has 0 radical (unpaired) electrons. The van der Waals surface area contributed by atoms with E-state index in [4.69, 9.17) is 50.5 Å². The van der Waals surface area contributed by atoms with Gasteiger partial charge in [0.15, 0.2) is 12.2 Å². The Morgan fingerprint density at radius 2 is 0.830 bits per heavy atom. The van der Waals surface area contributed by atoms with Gasteiger partial charge in [-0.2, -0.15) is 0 Å². The minimum absolute atomic E-state index is 0.170. The molecule has 5 unspecified atom stereocenters. The summed E-state index contributed by atoms with van der Waals surface area (Å²) >= 11 is 0. The second-order valence-electron chi connectivity index (χ2n) is 9.54. The Labute approximate surface area is 262 Å². The van der Waals surface area contributed by atoms with Crippen molar-refractivity contribution < 1.29 is 74.5 Å². The SMILES string of the molecule is O=C(OCC1OC(OC(=O)c2ccco2)C(OC(=O)c2ccco2)C(OC(=O)c2ccco2)C1OC(=O)c1ccco1)c1ccco1. The Balaban J connectivity index is 1.38. The number of esters is 5. The van der Waals surface area contributed by atoms with Crippen molar-refractivity contribution in [2.24, 2.45) is 0 Å². The lowest BCUT2D eigenvalue weighted by Gasteiger charge is -2.43. The van der Waals surface area contributed by atoms with E-state index in [1.54, 1.807) is 0 Å². The van der Waals surface area contributed by atoms with E-state index in [0.717, 1.165) is 0 Å². The molecule has 0 spiro atoms. The van der Waals surface area contributed by atoms with E-state index in [1.165, 1.54) is 92.0 Å². The molecule has 1 fully saturated rings. The fourth-order valence-electron chi connectivity index (χ4n) is 4.42. The lowest BCUT2D eigenvalue weighted by atomic mass is 9.98. The number of carbonyl (C=O) groups excluding carboxylic acids is 5. The van der Waals surface area contributed by atoms with Crippen LogP contribution in [0.4, 0.5) is 0 Å². The molecule has 1 saturated heterocycles. The van der Waals surface area contributed by atoms with E-state index >= 15 is 0 Å². The summed E-state index contributed by atoms with van der Waals surface area (Å²) in [6.07, 6.45) is -2.69. The van der Waals surface area contributed by atoms with Crippen LogP contribution in [-0.2, 0) is 28.4 Å². The van der Waals surface area contributed by atoms with Crippen molar-refractivity contribution in [2.45, 2.75) is 30.7 Å². The summed E-state index contributed by atoms with van der Waals surface area (Å²) in [6, 6.07) is 13.6. The van der Waals surface area contributed by atoms with Gasteiger partial charge >= 0.3 is 29.8 Å². The van der Waals surface area contributed by atoms with Crippen molar-refractivity contribution >= 4 is 29.8 Å². The normalized spacial score (nSPS) is 20.6. The van der Waals surface area contributed by atoms with Gasteiger partial charge in [0.05, 0.1) is 31.3 Å². The van der Waals surface area contributed by atoms with Gasteiger partial charge in [-0.3, -0.25) is 0 Å². The topological polar surface area (TPSA) is 206 Å². The first-order valence-corrected chi connectivity index (χ1v) is 13.7. The van der Waals surface area contributed by atoms with E-state index in [-0.39, 0.29) is 28.8 Å². The quantitative estimate of drug-likeness (QED) is 0.146. The minimum Gasteiger partial charge on any atom is -0.457 e. The van der Waals surface area contributed by atoms with E-state index in [9.17, 15) is 24.0 Å². The highest BCUT2D eigenvalue weighted by atomic mass is 16.8. The predicted molar refractivity (Wildman–Crippen MR) is 146 cm³/mol. The lowest BCUT2D eigenvalue weighted by molar-refractivity contribution is -0.283. The standard InChI is InChI=1S/C31H22O16/c32-26(17-6-1-11-37-17)42-16-22-23(44-27(33)18-7-2-12-38-18)24(45-28(34)19-8-3-13-39-19)25(46-29(35)20-9-4-14-40-20)31(43-22)47-30(36)21-10-5-15-41-21/h1-15,22-25,31H,16H2. The van der Waals surface area contributed by atoms with Crippen molar-refractivity contribution in [1.29, 1.82) is 0 Å². The molecule has 5 atom stereocenters. The van der Waals surface area contributed by atoms with Crippen LogP contribution < -0.4 is 0 Å². The summed E-state index contributed by atoms with van der Waals surface area (Å²) in [5.41, 5.74) is 0. The average Bonchev–Trinajstić information content (AvgIpc) is 3.92. The second-order valence-corrected chi connectivity index (χ2v) is 9.54. The molecule has 16 nitrogen and oxygen atoms in total. The molecule has 0 aliphatic carbocycles. The molecule has 0 amide bonds. The first kappa shape index (κ1) is 30.7. The summed E-state index contributed by atoms with van der Waals surface area (Å²) in [7, 11) is 0. The summed E-state index contributed by atoms with van der Waals surface area (Å²) in [6.45, 7) is -0.682. The Morgan fingerprint density at radius 1 is 0.468 bits per heavy atom. The fraction of sp³-hybridized carbons (Fsp3) is 0.194. The molecule has 0 N–H and O–H groups in total. The molecule has 242 valence electrons. The Morgan fingerprint density at radius 3 is 1.23 bits per heavy atom. The molecule has 0 saturated carbocycles. The van der Waals surface area contributed by atoms with Crippen LogP contribution in [0, 0.1) is 0 Å². The number of ether oxygens (including phenoxy) is 6. The van der Waals surface area contributed by atoms with Gasteiger partial charge in [-0.05, 0) is 60.7 Å².